The molecule has 0 aliphatic rings. The first-order valence-corrected chi connectivity index (χ1v) is 10.0. The van der Waals surface area contributed by atoms with E-state index in [0.717, 1.165) is 17.4 Å². The summed E-state index contributed by atoms with van der Waals surface area (Å²) in [4.78, 5) is 30.6. The fourth-order valence-electron chi connectivity index (χ4n) is 2.23. The second-order valence-electron chi connectivity index (χ2n) is 6.14. The minimum atomic E-state index is -5.08. The van der Waals surface area contributed by atoms with Gasteiger partial charge in [0.05, 0.1) is 17.6 Å². The van der Waals surface area contributed by atoms with Crippen LogP contribution in [0.5, 0.6) is 0 Å². The topological polar surface area (TPSA) is 116 Å². The van der Waals surface area contributed by atoms with E-state index in [1.807, 2.05) is 56.3 Å². The molecule has 8 nitrogen and oxygen atoms in total. The van der Waals surface area contributed by atoms with Gasteiger partial charge >= 0.3 is 12.1 Å². The number of carboxylic acid groups (broad SMARTS) is 1. The van der Waals surface area contributed by atoms with Crippen LogP contribution in [-0.2, 0) is 4.79 Å². The summed E-state index contributed by atoms with van der Waals surface area (Å²) in [6, 6.07) is 13.4. The number of benzene rings is 1. The van der Waals surface area contributed by atoms with Crippen molar-refractivity contribution in [3.63, 3.8) is 0 Å². The van der Waals surface area contributed by atoms with E-state index in [9.17, 15) is 18.0 Å². The van der Waals surface area contributed by atoms with E-state index in [1.165, 1.54) is 11.3 Å². The van der Waals surface area contributed by atoms with Gasteiger partial charge in [0.2, 0.25) is 0 Å². The molecule has 0 spiro atoms. The lowest BCUT2D eigenvalue weighted by molar-refractivity contribution is -0.192. The van der Waals surface area contributed by atoms with E-state index in [4.69, 9.17) is 9.90 Å². The number of nitrogens with zero attached hydrogens (tertiary/aromatic N) is 2. The van der Waals surface area contributed by atoms with Crippen molar-refractivity contribution in [2.45, 2.75) is 20.0 Å². The number of carbonyl (C=O) groups is 2. The number of halogens is 3. The Morgan fingerprint density at radius 2 is 1.75 bits per heavy atom. The Morgan fingerprint density at radius 3 is 2.28 bits per heavy atom. The molecule has 1 amide bonds. The van der Waals surface area contributed by atoms with E-state index < -0.39 is 12.1 Å². The molecule has 0 saturated carbocycles. The summed E-state index contributed by atoms with van der Waals surface area (Å²) in [5, 5.41) is 17.1. The van der Waals surface area contributed by atoms with Crippen molar-refractivity contribution in [1.82, 2.24) is 9.97 Å². The van der Waals surface area contributed by atoms with Crippen LogP contribution in [-0.4, -0.2) is 39.7 Å². The SMILES string of the molecule is CCNc1nc(C)c(C(=O)Nc2ccc(Nc3ccccc3)nc2)s1.O=C(O)C(F)(F)F. The Balaban J connectivity index is 0.000000451. The zero-order valence-corrected chi connectivity index (χ0v) is 17.8. The number of thiazole rings is 1. The van der Waals surface area contributed by atoms with Gasteiger partial charge in [-0.1, -0.05) is 29.5 Å². The highest BCUT2D eigenvalue weighted by Gasteiger charge is 2.38. The number of anilines is 4. The quantitative estimate of drug-likeness (QED) is 0.407. The summed E-state index contributed by atoms with van der Waals surface area (Å²) in [5.74, 6) is -2.22. The van der Waals surface area contributed by atoms with Gasteiger partial charge in [0.1, 0.15) is 10.7 Å². The Labute approximate surface area is 185 Å². The summed E-state index contributed by atoms with van der Waals surface area (Å²) in [5.41, 5.74) is 2.32. The van der Waals surface area contributed by atoms with Gasteiger partial charge in [-0.25, -0.2) is 14.8 Å². The number of aromatic nitrogens is 2. The van der Waals surface area contributed by atoms with E-state index in [1.54, 1.807) is 6.20 Å². The van der Waals surface area contributed by atoms with Gasteiger partial charge in [-0.3, -0.25) is 4.79 Å². The molecule has 0 fully saturated rings. The lowest BCUT2D eigenvalue weighted by Crippen LogP contribution is -2.21. The van der Waals surface area contributed by atoms with E-state index in [0.29, 0.717) is 22.1 Å². The Kier molecular flexibility index (Phi) is 8.53. The zero-order chi connectivity index (χ0) is 23.7. The standard InChI is InChI=1S/C18H19N5OS.C2HF3O2/c1-3-19-18-21-12(2)16(25-18)17(24)23-14-9-10-15(20-11-14)22-13-7-5-4-6-8-13;3-2(4,5)1(6)7/h4-11H,3H2,1-2H3,(H,19,21)(H,20,22)(H,23,24);(H,6,7). The van der Waals surface area contributed by atoms with Crippen molar-refractivity contribution in [3.8, 4) is 0 Å². The fraction of sp³-hybridized carbons (Fsp3) is 0.200. The van der Waals surface area contributed by atoms with Crippen LogP contribution in [0, 0.1) is 6.92 Å². The van der Waals surface area contributed by atoms with Crippen molar-refractivity contribution in [2.24, 2.45) is 0 Å². The van der Waals surface area contributed by atoms with Crippen molar-refractivity contribution in [1.29, 1.82) is 0 Å². The van der Waals surface area contributed by atoms with Gasteiger partial charge in [0.15, 0.2) is 5.13 Å². The number of pyridine rings is 1. The summed E-state index contributed by atoms with van der Waals surface area (Å²) in [7, 11) is 0. The lowest BCUT2D eigenvalue weighted by atomic mass is 10.3. The maximum Gasteiger partial charge on any atom is 0.490 e. The molecule has 0 atom stereocenters. The van der Waals surface area contributed by atoms with Gasteiger partial charge in [-0.2, -0.15) is 13.2 Å². The van der Waals surface area contributed by atoms with Crippen LogP contribution in [0.1, 0.15) is 22.3 Å². The maximum atomic E-state index is 12.4. The minimum Gasteiger partial charge on any atom is -0.475 e. The van der Waals surface area contributed by atoms with Gasteiger partial charge in [0.25, 0.3) is 5.91 Å². The smallest absolute Gasteiger partial charge is 0.475 e. The number of alkyl halides is 3. The van der Waals surface area contributed by atoms with Crippen LogP contribution in [0.25, 0.3) is 0 Å². The van der Waals surface area contributed by atoms with Crippen LogP contribution in [0.4, 0.5) is 35.5 Å². The van der Waals surface area contributed by atoms with E-state index in [-0.39, 0.29) is 5.91 Å². The molecule has 3 aromatic rings. The molecule has 0 saturated heterocycles. The third-order valence-corrected chi connectivity index (χ3v) is 4.75. The number of hydrogen-bond acceptors (Lipinski definition) is 7. The first kappa shape index (κ1) is 24.6. The monoisotopic (exact) mass is 467 g/mol. The van der Waals surface area contributed by atoms with Gasteiger partial charge < -0.3 is 21.1 Å². The van der Waals surface area contributed by atoms with Crippen LogP contribution in [0.3, 0.4) is 0 Å². The summed E-state index contributed by atoms with van der Waals surface area (Å²) in [6.45, 7) is 4.60. The predicted octanol–water partition coefficient (Wildman–Crippen LogP) is 4.91. The highest BCUT2D eigenvalue weighted by atomic mass is 32.1. The molecular formula is C20H20F3N5O3S. The summed E-state index contributed by atoms with van der Waals surface area (Å²) in [6.07, 6.45) is -3.45. The van der Waals surface area contributed by atoms with Gasteiger partial charge in [-0.05, 0) is 38.1 Å². The first-order chi connectivity index (χ1) is 15.1. The molecule has 2 aromatic heterocycles. The number of amides is 1. The first-order valence-electron chi connectivity index (χ1n) is 9.21. The number of nitrogens with one attached hydrogen (secondary N) is 3. The second kappa shape index (κ2) is 11.1. The van der Waals surface area contributed by atoms with E-state index in [2.05, 4.69) is 25.9 Å². The molecule has 0 radical (unpaired) electrons. The number of para-hydroxylation sites is 1. The van der Waals surface area contributed by atoms with E-state index >= 15 is 0 Å². The number of aryl methyl sites for hydroxylation is 1. The average Bonchev–Trinajstić information content (AvgIpc) is 3.10. The average molecular weight is 467 g/mol. The molecule has 0 aliphatic carbocycles. The molecule has 0 aliphatic heterocycles. The highest BCUT2D eigenvalue weighted by Crippen LogP contribution is 2.24. The molecule has 32 heavy (non-hydrogen) atoms. The van der Waals surface area contributed by atoms with Crippen LogP contribution >= 0.6 is 11.3 Å². The lowest BCUT2D eigenvalue weighted by Gasteiger charge is -2.07. The fourth-order valence-corrected chi connectivity index (χ4v) is 3.16. The van der Waals surface area contributed by atoms with Crippen LogP contribution in [0.15, 0.2) is 48.7 Å². The maximum absolute atomic E-state index is 12.4. The Hall–Kier alpha value is -3.67. The van der Waals surface area contributed by atoms with Gasteiger partial charge in [0, 0.05) is 12.2 Å². The van der Waals surface area contributed by atoms with Crippen molar-refractivity contribution >= 4 is 45.5 Å². The third kappa shape index (κ3) is 7.54. The van der Waals surface area contributed by atoms with Crippen LogP contribution < -0.4 is 16.0 Å². The number of rotatable bonds is 6. The molecule has 0 unspecified atom stereocenters. The molecular weight excluding hydrogens is 447 g/mol. The Morgan fingerprint density at radius 1 is 1.09 bits per heavy atom. The summed E-state index contributed by atoms with van der Waals surface area (Å²) >= 11 is 1.35. The molecule has 3 rings (SSSR count). The molecule has 170 valence electrons. The van der Waals surface area contributed by atoms with Crippen LogP contribution in [0.2, 0.25) is 0 Å². The van der Waals surface area contributed by atoms with Crippen molar-refractivity contribution in [3.05, 3.63) is 59.2 Å². The van der Waals surface area contributed by atoms with Gasteiger partial charge in [-0.15, -0.1) is 0 Å². The third-order valence-electron chi connectivity index (χ3n) is 3.64. The number of aliphatic carboxylic acids is 1. The molecule has 0 bridgehead atoms. The van der Waals surface area contributed by atoms with Crippen molar-refractivity contribution < 1.29 is 27.9 Å². The highest BCUT2D eigenvalue weighted by molar-refractivity contribution is 7.17. The molecule has 2 heterocycles. The molecule has 4 N–H and O–H groups in total. The summed E-state index contributed by atoms with van der Waals surface area (Å²) < 4.78 is 31.7. The number of hydrogen-bond donors (Lipinski definition) is 4. The predicted molar refractivity (Wildman–Crippen MR) is 117 cm³/mol. The van der Waals surface area contributed by atoms with Crippen molar-refractivity contribution in [2.75, 3.05) is 22.5 Å². The number of carbonyl (C=O) groups excluding carboxylic acids is 1. The zero-order valence-electron chi connectivity index (χ0n) is 17.0. The number of carboxylic acids is 1. The molecule has 12 heteroatoms. The Bertz CT molecular complexity index is 1040. The largest absolute Gasteiger partial charge is 0.490 e. The minimum absolute atomic E-state index is 0.176. The molecule has 1 aromatic carbocycles. The second-order valence-corrected chi connectivity index (χ2v) is 7.14. The normalized spacial score (nSPS) is 10.5.